The maximum Gasteiger partial charge on any atom is 0.302 e. The number of allylic oxidation sites excluding steroid dienone is 1. The fourth-order valence-electron chi connectivity index (χ4n) is 9.85. The summed E-state index contributed by atoms with van der Waals surface area (Å²) >= 11 is 0. The fraction of sp³-hybridized carbons (Fsp3) is 0.828. The summed E-state index contributed by atoms with van der Waals surface area (Å²) in [5.41, 5.74) is 1.95. The highest BCUT2D eigenvalue weighted by Gasteiger charge is 2.66. The van der Waals surface area contributed by atoms with Gasteiger partial charge in [0.25, 0.3) is 0 Å². The maximum absolute atomic E-state index is 12.8. The molecule has 5 nitrogen and oxygen atoms in total. The molecule has 1 N–H and O–H groups in total. The molecular formula is C29H43NO4. The molecule has 0 heterocycles. The summed E-state index contributed by atoms with van der Waals surface area (Å²) in [4.78, 5) is 36.1. The van der Waals surface area contributed by atoms with Gasteiger partial charge in [-0.2, -0.15) is 0 Å². The Balaban J connectivity index is 1.42. The van der Waals surface area contributed by atoms with Gasteiger partial charge in [-0.3, -0.25) is 14.4 Å². The third-order valence-electron chi connectivity index (χ3n) is 11.5. The minimum Gasteiger partial charge on any atom is -0.462 e. The maximum atomic E-state index is 12.8. The van der Waals surface area contributed by atoms with Crippen molar-refractivity contribution in [2.45, 2.75) is 104 Å². The first-order valence-electron chi connectivity index (χ1n) is 13.7. The number of amides is 1. The van der Waals surface area contributed by atoms with Crippen molar-refractivity contribution in [3.63, 3.8) is 0 Å². The number of ketones is 1. The Morgan fingerprint density at radius 3 is 2.56 bits per heavy atom. The van der Waals surface area contributed by atoms with Gasteiger partial charge in [0.15, 0.2) is 0 Å². The van der Waals surface area contributed by atoms with Crippen LogP contribution in [0.3, 0.4) is 0 Å². The second-order valence-electron chi connectivity index (χ2n) is 12.8. The lowest BCUT2D eigenvalue weighted by Crippen LogP contribution is -2.56. The van der Waals surface area contributed by atoms with E-state index in [1.54, 1.807) is 6.92 Å². The Morgan fingerprint density at radius 1 is 1.06 bits per heavy atom. The van der Waals surface area contributed by atoms with E-state index in [9.17, 15) is 14.4 Å². The molecule has 4 saturated carbocycles. The molecule has 1 amide bonds. The number of rotatable bonds is 3. The summed E-state index contributed by atoms with van der Waals surface area (Å²) in [6.45, 7) is 8.84. The first kappa shape index (κ1) is 24.1. The third kappa shape index (κ3) is 3.59. The van der Waals surface area contributed by atoms with E-state index in [1.165, 1.54) is 31.8 Å². The zero-order chi connectivity index (χ0) is 24.3. The highest BCUT2D eigenvalue weighted by atomic mass is 16.5. The molecule has 5 heteroatoms. The van der Waals surface area contributed by atoms with Crippen LogP contribution in [0, 0.1) is 39.9 Å². The highest BCUT2D eigenvalue weighted by Crippen LogP contribution is 2.73. The Bertz CT molecular complexity index is 910. The van der Waals surface area contributed by atoms with Gasteiger partial charge in [0, 0.05) is 39.7 Å². The van der Waals surface area contributed by atoms with E-state index in [-0.39, 0.29) is 34.2 Å². The number of Topliss-reactive ketones (excluding diaryl/α,β-unsaturated/α-hetero) is 1. The quantitative estimate of drug-likeness (QED) is 0.445. The van der Waals surface area contributed by atoms with Crippen molar-refractivity contribution in [3.8, 4) is 0 Å². The average Bonchev–Trinajstić information content (AvgIpc) is 3.05. The van der Waals surface area contributed by atoms with E-state index < -0.39 is 0 Å². The van der Waals surface area contributed by atoms with E-state index in [4.69, 9.17) is 4.74 Å². The van der Waals surface area contributed by atoms with Crippen LogP contribution in [0.15, 0.2) is 11.6 Å². The zero-order valence-corrected chi connectivity index (χ0v) is 21.6. The van der Waals surface area contributed by atoms with Crippen LogP contribution < -0.4 is 5.32 Å². The monoisotopic (exact) mass is 469 g/mol. The van der Waals surface area contributed by atoms with Gasteiger partial charge >= 0.3 is 5.97 Å². The molecule has 0 unspecified atom stereocenters. The van der Waals surface area contributed by atoms with Crippen molar-refractivity contribution < 1.29 is 19.1 Å². The topological polar surface area (TPSA) is 72.5 Å². The lowest BCUT2D eigenvalue weighted by Gasteiger charge is -2.61. The van der Waals surface area contributed by atoms with Gasteiger partial charge in [-0.1, -0.05) is 25.5 Å². The minimum absolute atomic E-state index is 0.0395. The lowest BCUT2D eigenvalue weighted by molar-refractivity contribution is -0.149. The third-order valence-corrected chi connectivity index (χ3v) is 11.5. The number of nitrogens with one attached hydrogen (secondary N) is 1. The van der Waals surface area contributed by atoms with Gasteiger partial charge in [-0.05, 0) is 91.3 Å². The minimum atomic E-state index is -0.163. The van der Waals surface area contributed by atoms with E-state index in [0.29, 0.717) is 42.3 Å². The van der Waals surface area contributed by atoms with E-state index in [2.05, 4.69) is 25.2 Å². The Hall–Kier alpha value is -1.65. The Morgan fingerprint density at radius 2 is 1.82 bits per heavy atom. The molecule has 0 saturated heterocycles. The number of esters is 1. The smallest absolute Gasteiger partial charge is 0.302 e. The molecule has 5 aliphatic rings. The van der Waals surface area contributed by atoms with E-state index in [1.807, 2.05) is 0 Å². The van der Waals surface area contributed by atoms with Crippen LogP contribution in [0.1, 0.15) is 98.3 Å². The second-order valence-corrected chi connectivity index (χ2v) is 12.8. The number of carbonyl (C=O) groups is 3. The van der Waals surface area contributed by atoms with Gasteiger partial charge in [0.1, 0.15) is 11.9 Å². The van der Waals surface area contributed by atoms with Crippen molar-refractivity contribution in [2.24, 2.45) is 39.9 Å². The number of fused-ring (bicyclic) bond motifs is 6. The van der Waals surface area contributed by atoms with Crippen LogP contribution in [0.5, 0.6) is 0 Å². The van der Waals surface area contributed by atoms with Crippen molar-refractivity contribution in [2.75, 3.05) is 6.54 Å². The molecule has 0 bridgehead atoms. The van der Waals surface area contributed by atoms with Gasteiger partial charge in [0.2, 0.25) is 5.91 Å². The highest BCUT2D eigenvalue weighted by molar-refractivity contribution is 5.80. The molecule has 5 rings (SSSR count). The Labute approximate surface area is 204 Å². The summed E-state index contributed by atoms with van der Waals surface area (Å²) in [5.74, 6) is 2.73. The molecular weight excluding hydrogens is 426 g/mol. The summed E-state index contributed by atoms with van der Waals surface area (Å²) in [7, 11) is 0. The van der Waals surface area contributed by atoms with Gasteiger partial charge in [0.05, 0.1) is 0 Å². The molecule has 0 aromatic carbocycles. The summed E-state index contributed by atoms with van der Waals surface area (Å²) in [6.07, 6.45) is 13.7. The number of carbonyl (C=O) groups excluding carboxylic acids is 3. The number of hydrogen-bond donors (Lipinski definition) is 1. The fourth-order valence-corrected chi connectivity index (χ4v) is 9.85. The molecule has 0 aliphatic heterocycles. The first-order chi connectivity index (χ1) is 16.1. The molecule has 34 heavy (non-hydrogen) atoms. The molecule has 0 aromatic heterocycles. The SMILES string of the molecule is CC(=O)NC[C@@H]1CCC(=O)C[C@]12CC[C@H]1[C@@H]3CC=C4C[C@@H](OC(C)=O)CC[C@]4(C)[C@H]3CC[C@@]12C. The van der Waals surface area contributed by atoms with Crippen molar-refractivity contribution in [1.29, 1.82) is 0 Å². The van der Waals surface area contributed by atoms with Crippen LogP contribution >= 0.6 is 0 Å². The predicted octanol–water partition coefficient (Wildman–Crippen LogP) is 5.37. The zero-order valence-electron chi connectivity index (χ0n) is 21.6. The van der Waals surface area contributed by atoms with E-state index in [0.717, 1.165) is 45.1 Å². The first-order valence-corrected chi connectivity index (χ1v) is 13.7. The lowest BCUT2D eigenvalue weighted by atomic mass is 9.43. The average molecular weight is 470 g/mol. The number of ether oxygens (including phenoxy) is 1. The van der Waals surface area contributed by atoms with E-state index >= 15 is 0 Å². The molecule has 5 aliphatic carbocycles. The van der Waals surface area contributed by atoms with Gasteiger partial charge in [-0.25, -0.2) is 0 Å². The van der Waals surface area contributed by atoms with Crippen LogP contribution in [0.2, 0.25) is 0 Å². The van der Waals surface area contributed by atoms with Crippen molar-refractivity contribution in [3.05, 3.63) is 11.6 Å². The summed E-state index contributed by atoms with van der Waals surface area (Å²) in [5, 5.41) is 3.12. The largest absolute Gasteiger partial charge is 0.462 e. The van der Waals surface area contributed by atoms with Crippen LogP contribution in [0.25, 0.3) is 0 Å². The molecule has 1 spiro atoms. The van der Waals surface area contributed by atoms with Gasteiger partial charge in [-0.15, -0.1) is 0 Å². The summed E-state index contributed by atoms with van der Waals surface area (Å²) < 4.78 is 5.60. The second kappa shape index (κ2) is 8.48. The Kier molecular flexibility index (Phi) is 6.00. The number of hydrogen-bond acceptors (Lipinski definition) is 4. The summed E-state index contributed by atoms with van der Waals surface area (Å²) in [6, 6.07) is 0. The van der Waals surface area contributed by atoms with Gasteiger partial charge < -0.3 is 10.1 Å². The normalized spacial score (nSPS) is 45.6. The van der Waals surface area contributed by atoms with Crippen LogP contribution in [0.4, 0.5) is 0 Å². The van der Waals surface area contributed by atoms with Crippen LogP contribution in [-0.2, 0) is 19.1 Å². The van der Waals surface area contributed by atoms with Crippen molar-refractivity contribution in [1.82, 2.24) is 5.32 Å². The standard InChI is InChI=1S/C29H43NO4/c1-18(31)30-17-21-5-7-22(33)16-29(21)14-11-26-24-8-6-20-15-23(34-19(2)32)9-12-27(20,3)25(24)10-13-28(26,29)4/h6,21,23-26H,5,7-17H2,1-4H3,(H,30,31)/t21-,23-,24+,25-,26-,27-,28-,29+/m0/s1. The predicted molar refractivity (Wildman–Crippen MR) is 131 cm³/mol. The molecule has 4 fully saturated rings. The van der Waals surface area contributed by atoms with Crippen LogP contribution in [-0.4, -0.2) is 30.3 Å². The molecule has 0 aromatic rings. The molecule has 8 atom stereocenters. The molecule has 0 radical (unpaired) electrons. The molecule has 188 valence electrons. The van der Waals surface area contributed by atoms with Crippen molar-refractivity contribution >= 4 is 17.7 Å².